The molecule has 0 saturated carbocycles. The van der Waals surface area contributed by atoms with Crippen LogP contribution in [-0.4, -0.2) is 42.4 Å². The first-order chi connectivity index (χ1) is 17.9. The quantitative estimate of drug-likeness (QED) is 0.354. The molecule has 0 fully saturated rings. The smallest absolute Gasteiger partial charge is 0.237 e. The Morgan fingerprint density at radius 3 is 2.43 bits per heavy atom. The van der Waals surface area contributed by atoms with Crippen LogP contribution in [0.15, 0.2) is 67.3 Å². The molecule has 0 N–H and O–H groups in total. The van der Waals surface area contributed by atoms with E-state index in [0.29, 0.717) is 24.3 Å². The average Bonchev–Trinajstić information content (AvgIpc) is 3.39. The number of carbonyl (C=O) groups is 1. The number of likely N-dealkylation sites (N-methyl/N-ethyl adjacent to an activating group) is 1. The Kier molecular flexibility index (Phi) is 5.33. The fourth-order valence-electron chi connectivity index (χ4n) is 5.36. The summed E-state index contributed by atoms with van der Waals surface area (Å²) in [5.74, 6) is 1.55. The Labute approximate surface area is 215 Å². The van der Waals surface area contributed by atoms with E-state index in [2.05, 4.69) is 49.6 Å². The number of hydrogen-bond acceptors (Lipinski definition) is 6. The van der Waals surface area contributed by atoms with E-state index in [0.717, 1.165) is 45.1 Å². The van der Waals surface area contributed by atoms with Gasteiger partial charge in [0.2, 0.25) is 5.91 Å². The Morgan fingerprint density at radius 2 is 1.70 bits per heavy atom. The van der Waals surface area contributed by atoms with Crippen LogP contribution < -0.4 is 4.90 Å². The number of nitrogens with zero attached hydrogens (tertiary/aromatic N) is 7. The number of carbonyl (C=O) groups excluding carboxylic acids is 1. The van der Waals surface area contributed by atoms with Crippen LogP contribution in [-0.2, 0) is 23.2 Å². The van der Waals surface area contributed by atoms with Gasteiger partial charge in [-0.2, -0.15) is 0 Å². The summed E-state index contributed by atoms with van der Waals surface area (Å²) in [6, 6.07) is 16.3. The average molecular weight is 490 g/mol. The van der Waals surface area contributed by atoms with Gasteiger partial charge in [-0.05, 0) is 50.5 Å². The third-order valence-electron chi connectivity index (χ3n) is 7.29. The number of rotatable bonds is 5. The molecular formula is C29H27N7O. The minimum atomic E-state index is -0.680. The van der Waals surface area contributed by atoms with Crippen molar-refractivity contribution in [2.45, 2.75) is 39.2 Å². The van der Waals surface area contributed by atoms with Crippen LogP contribution in [0, 0.1) is 6.92 Å². The Morgan fingerprint density at radius 1 is 0.946 bits per heavy atom. The number of benzene rings is 2. The highest BCUT2D eigenvalue weighted by molar-refractivity contribution is 6.08. The maximum Gasteiger partial charge on any atom is 0.237 e. The van der Waals surface area contributed by atoms with Crippen molar-refractivity contribution in [3.8, 4) is 22.6 Å². The van der Waals surface area contributed by atoms with Gasteiger partial charge >= 0.3 is 0 Å². The number of fused-ring (bicyclic) bond motifs is 2. The van der Waals surface area contributed by atoms with Crippen LogP contribution in [0.3, 0.4) is 0 Å². The summed E-state index contributed by atoms with van der Waals surface area (Å²) in [7, 11) is 1.85. The van der Waals surface area contributed by atoms with Crippen LogP contribution in [0.25, 0.3) is 33.8 Å². The molecule has 0 aliphatic carbocycles. The minimum absolute atomic E-state index is 0.0910. The first-order valence-electron chi connectivity index (χ1n) is 12.4. The van der Waals surface area contributed by atoms with Gasteiger partial charge < -0.3 is 9.47 Å². The molecule has 1 amide bonds. The molecule has 8 heteroatoms. The Bertz CT molecular complexity index is 1640. The molecule has 8 nitrogen and oxygen atoms in total. The van der Waals surface area contributed by atoms with Crippen molar-refractivity contribution in [3.05, 3.63) is 84.2 Å². The van der Waals surface area contributed by atoms with Crippen LogP contribution in [0.4, 0.5) is 5.69 Å². The summed E-state index contributed by atoms with van der Waals surface area (Å²) in [4.78, 5) is 38.1. The van der Waals surface area contributed by atoms with E-state index in [1.54, 1.807) is 23.6 Å². The number of hydrogen-bond donors (Lipinski definition) is 0. The van der Waals surface area contributed by atoms with Crippen molar-refractivity contribution in [1.82, 2.24) is 29.5 Å². The Hall–Kier alpha value is -4.46. The maximum absolute atomic E-state index is 13.5. The standard InChI is InChI=1S/C29H27N7O/c1-5-36-26(21-15-30-18(2)31-16-21)34-25-24(32-17-33-27(25)36)20-11-12-23-22(13-20)29(3,28(37)35(23)4)14-19-9-7-6-8-10-19/h6-13,15-17H,5,14H2,1-4H3/t29-/m1/s1. The SMILES string of the molecule is CCn1c(-c2cnc(C)nc2)nc2c(-c3ccc4c(c3)[C@@](C)(Cc3ccccc3)C(=O)N4C)ncnc21. The second-order valence-electron chi connectivity index (χ2n) is 9.68. The van der Waals surface area contributed by atoms with Gasteiger partial charge in [0.1, 0.15) is 29.2 Å². The normalized spacial score (nSPS) is 17.0. The van der Waals surface area contributed by atoms with Crippen molar-refractivity contribution >= 4 is 22.8 Å². The van der Waals surface area contributed by atoms with Crippen LogP contribution >= 0.6 is 0 Å². The molecule has 1 atom stereocenters. The summed E-state index contributed by atoms with van der Waals surface area (Å²) in [5.41, 5.74) is 6.30. The van der Waals surface area contributed by atoms with Gasteiger partial charge in [0.25, 0.3) is 0 Å². The van der Waals surface area contributed by atoms with Gasteiger partial charge in [-0.3, -0.25) is 4.79 Å². The fourth-order valence-corrected chi connectivity index (χ4v) is 5.36. The van der Waals surface area contributed by atoms with Crippen molar-refractivity contribution < 1.29 is 4.79 Å². The molecule has 184 valence electrons. The molecule has 1 aliphatic rings. The molecular weight excluding hydrogens is 462 g/mol. The van der Waals surface area contributed by atoms with Gasteiger partial charge in [0, 0.05) is 37.2 Å². The van der Waals surface area contributed by atoms with Crippen LogP contribution in [0.1, 0.15) is 30.8 Å². The monoisotopic (exact) mass is 489 g/mol. The lowest BCUT2D eigenvalue weighted by Crippen LogP contribution is -2.37. The summed E-state index contributed by atoms with van der Waals surface area (Å²) in [5, 5.41) is 0. The van der Waals surface area contributed by atoms with Gasteiger partial charge in [0.05, 0.1) is 11.0 Å². The number of imidazole rings is 1. The molecule has 0 unspecified atom stereocenters. The van der Waals surface area contributed by atoms with E-state index >= 15 is 0 Å². The summed E-state index contributed by atoms with van der Waals surface area (Å²) >= 11 is 0. The van der Waals surface area contributed by atoms with E-state index in [1.807, 2.05) is 51.2 Å². The maximum atomic E-state index is 13.5. The first-order valence-corrected chi connectivity index (χ1v) is 12.4. The van der Waals surface area contributed by atoms with E-state index in [1.165, 1.54) is 0 Å². The predicted octanol–water partition coefficient (Wildman–Crippen LogP) is 4.76. The van der Waals surface area contributed by atoms with Crippen molar-refractivity contribution in [2.75, 3.05) is 11.9 Å². The van der Waals surface area contributed by atoms with Crippen molar-refractivity contribution in [3.63, 3.8) is 0 Å². The van der Waals surface area contributed by atoms with E-state index in [-0.39, 0.29) is 5.91 Å². The molecule has 37 heavy (non-hydrogen) atoms. The lowest BCUT2D eigenvalue weighted by Gasteiger charge is -2.23. The lowest BCUT2D eigenvalue weighted by atomic mass is 9.77. The Balaban J connectivity index is 1.50. The summed E-state index contributed by atoms with van der Waals surface area (Å²) < 4.78 is 2.05. The zero-order valence-electron chi connectivity index (χ0n) is 21.3. The molecule has 0 radical (unpaired) electrons. The highest BCUT2D eigenvalue weighted by atomic mass is 16.2. The topological polar surface area (TPSA) is 89.7 Å². The van der Waals surface area contributed by atoms with Gasteiger partial charge in [0.15, 0.2) is 5.65 Å². The largest absolute Gasteiger partial charge is 0.314 e. The number of aromatic nitrogens is 6. The second kappa shape index (κ2) is 8.58. The molecule has 2 aromatic carbocycles. The molecule has 0 bridgehead atoms. The zero-order valence-corrected chi connectivity index (χ0v) is 21.3. The summed E-state index contributed by atoms with van der Waals surface area (Å²) in [6.45, 7) is 6.64. The first kappa shape index (κ1) is 23.0. The summed E-state index contributed by atoms with van der Waals surface area (Å²) in [6.07, 6.45) is 5.77. The van der Waals surface area contributed by atoms with Crippen molar-refractivity contribution in [2.24, 2.45) is 0 Å². The second-order valence-corrected chi connectivity index (χ2v) is 9.68. The minimum Gasteiger partial charge on any atom is -0.314 e. The van der Waals surface area contributed by atoms with E-state index in [9.17, 15) is 4.79 Å². The third-order valence-corrected chi connectivity index (χ3v) is 7.29. The van der Waals surface area contributed by atoms with E-state index < -0.39 is 5.41 Å². The highest BCUT2D eigenvalue weighted by Crippen LogP contribution is 2.45. The van der Waals surface area contributed by atoms with Gasteiger partial charge in [-0.1, -0.05) is 36.4 Å². The zero-order chi connectivity index (χ0) is 25.7. The fraction of sp³-hybridized carbons (Fsp3) is 0.241. The predicted molar refractivity (Wildman–Crippen MR) is 143 cm³/mol. The molecule has 6 rings (SSSR count). The molecule has 5 aromatic rings. The molecule has 0 spiro atoms. The number of anilines is 1. The van der Waals surface area contributed by atoms with E-state index in [4.69, 9.17) is 4.98 Å². The van der Waals surface area contributed by atoms with Gasteiger partial charge in [-0.25, -0.2) is 24.9 Å². The highest BCUT2D eigenvalue weighted by Gasteiger charge is 2.46. The molecule has 0 saturated heterocycles. The van der Waals surface area contributed by atoms with Gasteiger partial charge in [-0.15, -0.1) is 0 Å². The van der Waals surface area contributed by atoms with Crippen molar-refractivity contribution in [1.29, 1.82) is 0 Å². The number of amides is 1. The lowest BCUT2D eigenvalue weighted by molar-refractivity contribution is -0.122. The number of aryl methyl sites for hydroxylation is 2. The molecule has 3 aromatic heterocycles. The third kappa shape index (κ3) is 3.59. The molecule has 4 heterocycles. The van der Waals surface area contributed by atoms with Crippen LogP contribution in [0.2, 0.25) is 0 Å². The van der Waals surface area contributed by atoms with Crippen LogP contribution in [0.5, 0.6) is 0 Å². The molecule has 1 aliphatic heterocycles.